The number of benzene rings is 1. The number of carbonyl (C=O) groups excluding carboxylic acids is 3. The van der Waals surface area contributed by atoms with E-state index in [4.69, 9.17) is 10.2 Å². The predicted octanol–water partition coefficient (Wildman–Crippen LogP) is 2.65. The van der Waals surface area contributed by atoms with Gasteiger partial charge in [0, 0.05) is 23.1 Å². The van der Waals surface area contributed by atoms with Gasteiger partial charge in [0.25, 0.3) is 5.91 Å². The number of nitrogens with one attached hydrogen (secondary N) is 1. The Morgan fingerprint density at radius 2 is 1.81 bits per heavy atom. The minimum Gasteiger partial charge on any atom is -0.508 e. The van der Waals surface area contributed by atoms with Gasteiger partial charge in [-0.2, -0.15) is 0 Å². The Bertz CT molecular complexity index is 1580. The normalized spacial score (nSPS) is 27.8. The molecule has 0 bridgehead atoms. The number of nitrogens with zero attached hydrogens (tertiary/aromatic N) is 1. The van der Waals surface area contributed by atoms with Crippen molar-refractivity contribution in [2.75, 3.05) is 14.1 Å². The molecule has 6 rings (SSSR count). The number of aliphatic hydroxyl groups is 3. The molecule has 7 N–H and O–H groups in total. The Morgan fingerprint density at radius 3 is 2.49 bits per heavy atom. The van der Waals surface area contributed by atoms with Crippen molar-refractivity contribution in [3.8, 4) is 17.1 Å². The summed E-state index contributed by atoms with van der Waals surface area (Å²) in [5.41, 5.74) is 2.93. The van der Waals surface area contributed by atoms with Crippen LogP contribution in [0.2, 0.25) is 0 Å². The molecular formula is C32H37N3O8. The van der Waals surface area contributed by atoms with E-state index in [9.17, 15) is 34.8 Å². The number of fused-ring (bicyclic) bond motifs is 3. The van der Waals surface area contributed by atoms with Crippen molar-refractivity contribution < 1.29 is 39.2 Å². The van der Waals surface area contributed by atoms with E-state index in [-0.39, 0.29) is 29.7 Å². The van der Waals surface area contributed by atoms with Crippen LogP contribution in [0.15, 0.2) is 45.6 Å². The second-order valence-corrected chi connectivity index (χ2v) is 12.4. The van der Waals surface area contributed by atoms with Crippen molar-refractivity contribution in [2.24, 2.45) is 17.6 Å². The summed E-state index contributed by atoms with van der Waals surface area (Å²) < 4.78 is 6.19. The summed E-state index contributed by atoms with van der Waals surface area (Å²) in [4.78, 5) is 40.9. The van der Waals surface area contributed by atoms with Gasteiger partial charge in [0.2, 0.25) is 5.78 Å². The number of rotatable bonds is 6. The molecule has 4 aliphatic rings. The average molecular weight is 592 g/mol. The topological polar surface area (TPSA) is 187 Å². The molecule has 1 unspecified atom stereocenters. The zero-order chi connectivity index (χ0) is 30.8. The first kappa shape index (κ1) is 29.2. The Balaban J connectivity index is 1.40. The van der Waals surface area contributed by atoms with Gasteiger partial charge in [0.15, 0.2) is 11.4 Å². The molecule has 2 fully saturated rings. The van der Waals surface area contributed by atoms with Crippen molar-refractivity contribution in [2.45, 2.75) is 69.2 Å². The highest BCUT2D eigenvalue weighted by Crippen LogP contribution is 2.53. The summed E-state index contributed by atoms with van der Waals surface area (Å²) in [6.45, 7) is 0.571. The number of aliphatic hydroxyl groups excluding tert-OH is 2. The van der Waals surface area contributed by atoms with Crippen molar-refractivity contribution in [3.05, 3.63) is 58.1 Å². The van der Waals surface area contributed by atoms with Gasteiger partial charge >= 0.3 is 0 Å². The lowest BCUT2D eigenvalue weighted by molar-refractivity contribution is -0.153. The summed E-state index contributed by atoms with van der Waals surface area (Å²) >= 11 is 0. The fraction of sp³-hybridized carbons (Fsp3) is 0.469. The van der Waals surface area contributed by atoms with Gasteiger partial charge in [0.1, 0.15) is 34.4 Å². The number of nitrogens with two attached hydrogens (primary N) is 1. The molecular weight excluding hydrogens is 554 g/mol. The minimum absolute atomic E-state index is 0.0234. The van der Waals surface area contributed by atoms with Gasteiger partial charge in [-0.25, -0.2) is 0 Å². The number of ketones is 2. The van der Waals surface area contributed by atoms with E-state index in [0.29, 0.717) is 29.5 Å². The molecule has 0 spiro atoms. The third-order valence-electron chi connectivity index (χ3n) is 9.70. The monoisotopic (exact) mass is 591 g/mol. The minimum atomic E-state index is -2.67. The Labute approximate surface area is 248 Å². The van der Waals surface area contributed by atoms with Gasteiger partial charge < -0.3 is 35.9 Å². The number of aromatic hydroxyl groups is 1. The summed E-state index contributed by atoms with van der Waals surface area (Å²) in [6, 6.07) is 6.15. The van der Waals surface area contributed by atoms with Crippen molar-refractivity contribution in [1.82, 2.24) is 10.2 Å². The molecule has 2 aromatic rings. The first-order valence-corrected chi connectivity index (χ1v) is 14.8. The highest BCUT2D eigenvalue weighted by atomic mass is 16.4. The molecule has 0 radical (unpaired) electrons. The lowest BCUT2D eigenvalue weighted by atomic mass is 9.57. The first-order valence-electron chi connectivity index (χ1n) is 14.8. The fourth-order valence-corrected chi connectivity index (χ4v) is 7.64. The van der Waals surface area contributed by atoms with Crippen LogP contribution < -0.4 is 11.1 Å². The van der Waals surface area contributed by atoms with Crippen molar-refractivity contribution >= 4 is 23.2 Å². The molecule has 1 heterocycles. The molecule has 1 aromatic heterocycles. The van der Waals surface area contributed by atoms with Crippen molar-refractivity contribution in [3.63, 3.8) is 0 Å². The molecule has 11 heteroatoms. The first-order chi connectivity index (χ1) is 20.4. The van der Waals surface area contributed by atoms with Crippen LogP contribution in [0.25, 0.3) is 17.1 Å². The molecule has 0 saturated heterocycles. The van der Waals surface area contributed by atoms with E-state index in [1.807, 2.05) is 12.1 Å². The van der Waals surface area contributed by atoms with E-state index in [0.717, 1.165) is 18.6 Å². The molecule has 228 valence electrons. The van der Waals surface area contributed by atoms with Crippen LogP contribution in [0.5, 0.6) is 5.75 Å². The standard InChI is InChI=1S/C32H37N3O8/c1-35(2)26-20-13-15-12-19-18(22-11-8-17(43-22)14-34-16-6-4-3-5-7-16)9-10-21(36)24(19)27(37)23(15)29(39)32(20,42)30(40)25(28(26)38)31(33)41/h8-11,15-16,20,26,34,36-37,40,42H,3-7,12-14H2,1-2H3,(H2,33,41)/t15-,20-,26?,32+/m1/s1. The van der Waals surface area contributed by atoms with Crippen LogP contribution in [0, 0.1) is 11.8 Å². The maximum atomic E-state index is 14.0. The second kappa shape index (κ2) is 10.7. The molecule has 2 saturated carbocycles. The molecule has 4 atom stereocenters. The molecule has 4 aliphatic carbocycles. The smallest absolute Gasteiger partial charge is 0.255 e. The average Bonchev–Trinajstić information content (AvgIpc) is 3.43. The number of hydrogen-bond donors (Lipinski definition) is 6. The second-order valence-electron chi connectivity index (χ2n) is 12.4. The zero-order valence-electron chi connectivity index (χ0n) is 24.2. The van der Waals surface area contributed by atoms with Gasteiger partial charge in [-0.1, -0.05) is 19.3 Å². The SMILES string of the molecule is CN(C)C1C(=O)C(C(N)=O)=C(O)[C@@]2(O)C(=O)C3=C(O)c4c(O)ccc(-c5ccc(CNC6CCCCC6)o5)c4C[C@@H]3C[C@H]12. The van der Waals surface area contributed by atoms with Gasteiger partial charge in [0.05, 0.1) is 18.2 Å². The van der Waals surface area contributed by atoms with Crippen LogP contribution in [0.4, 0.5) is 0 Å². The molecule has 1 aromatic carbocycles. The number of phenols is 1. The number of Topliss-reactive ketones (excluding diaryl/α,β-unsaturated/α-hetero) is 2. The number of carbonyl (C=O) groups is 3. The van der Waals surface area contributed by atoms with E-state index in [1.165, 1.54) is 30.2 Å². The zero-order valence-corrected chi connectivity index (χ0v) is 24.2. The molecule has 11 nitrogen and oxygen atoms in total. The summed E-state index contributed by atoms with van der Waals surface area (Å²) in [5.74, 6) is -5.49. The quantitative estimate of drug-likeness (QED) is 0.273. The molecule has 43 heavy (non-hydrogen) atoms. The van der Waals surface area contributed by atoms with E-state index in [1.54, 1.807) is 20.2 Å². The van der Waals surface area contributed by atoms with Crippen LogP contribution in [-0.4, -0.2) is 74.6 Å². The Hall–Kier alpha value is -3.93. The largest absolute Gasteiger partial charge is 0.508 e. The van der Waals surface area contributed by atoms with Crippen LogP contribution in [0.3, 0.4) is 0 Å². The molecule has 1 amide bonds. The maximum Gasteiger partial charge on any atom is 0.255 e. The van der Waals surface area contributed by atoms with Gasteiger partial charge in [-0.3, -0.25) is 19.3 Å². The number of primary amides is 1. The van der Waals surface area contributed by atoms with Gasteiger partial charge in [-0.05, 0) is 75.5 Å². The number of hydrogen-bond acceptors (Lipinski definition) is 10. The lowest BCUT2D eigenvalue weighted by Crippen LogP contribution is -2.65. The summed E-state index contributed by atoms with van der Waals surface area (Å²) in [6.07, 6.45) is 6.19. The van der Waals surface area contributed by atoms with E-state index in [2.05, 4.69) is 5.32 Å². The third-order valence-corrected chi connectivity index (χ3v) is 9.70. The Kier molecular flexibility index (Phi) is 7.22. The summed E-state index contributed by atoms with van der Waals surface area (Å²) in [5, 5.41) is 48.6. The highest BCUT2D eigenvalue weighted by Gasteiger charge is 2.64. The van der Waals surface area contributed by atoms with Crippen molar-refractivity contribution in [1.29, 1.82) is 0 Å². The Morgan fingerprint density at radius 1 is 1.09 bits per heavy atom. The van der Waals surface area contributed by atoms with Crippen LogP contribution in [0.1, 0.15) is 55.4 Å². The van der Waals surface area contributed by atoms with E-state index >= 15 is 0 Å². The predicted molar refractivity (Wildman–Crippen MR) is 156 cm³/mol. The number of furan rings is 1. The maximum absolute atomic E-state index is 14.0. The van der Waals surface area contributed by atoms with Crippen LogP contribution in [-0.2, 0) is 27.3 Å². The van der Waals surface area contributed by atoms with Crippen LogP contribution >= 0.6 is 0 Å². The number of likely N-dealkylation sites (N-methyl/N-ethyl adjacent to an activating group) is 1. The number of phenolic OH excluding ortho intramolecular Hbond substituents is 1. The number of amides is 1. The fourth-order valence-electron chi connectivity index (χ4n) is 7.64. The van der Waals surface area contributed by atoms with Gasteiger partial charge in [-0.15, -0.1) is 0 Å². The lowest BCUT2D eigenvalue weighted by Gasteiger charge is -2.50. The summed E-state index contributed by atoms with van der Waals surface area (Å²) in [7, 11) is 3.14. The third kappa shape index (κ3) is 4.49. The molecule has 0 aliphatic heterocycles. The van der Waals surface area contributed by atoms with E-state index < -0.39 is 58.0 Å². The highest BCUT2D eigenvalue weighted by molar-refractivity contribution is 6.24.